The van der Waals surface area contributed by atoms with Crippen LogP contribution in [0.25, 0.3) is 0 Å². The Balaban J connectivity index is 1.83. The summed E-state index contributed by atoms with van der Waals surface area (Å²) in [4.78, 5) is 15.1. The van der Waals surface area contributed by atoms with Gasteiger partial charge < -0.3 is 14.7 Å². The quantitative estimate of drug-likeness (QED) is 0.777. The topological polar surface area (TPSA) is 53.0 Å². The molecule has 1 aliphatic heterocycles. The average molecular weight is 298 g/mol. The van der Waals surface area contributed by atoms with Gasteiger partial charge in [0.2, 0.25) is 0 Å². The van der Waals surface area contributed by atoms with Crippen LogP contribution in [0, 0.1) is 0 Å². The number of likely N-dealkylation sites (N-methyl/N-ethyl adjacent to an activating group) is 1. The second-order valence-corrected chi connectivity index (χ2v) is 6.95. The van der Waals surface area contributed by atoms with Crippen LogP contribution in [-0.2, 0) is 9.53 Å². The molecule has 1 spiro atoms. The zero-order valence-corrected chi connectivity index (χ0v) is 13.5. The minimum absolute atomic E-state index is 0.112. The van der Waals surface area contributed by atoms with Crippen molar-refractivity contribution < 1.29 is 14.6 Å². The molecule has 2 rings (SSSR count). The van der Waals surface area contributed by atoms with E-state index in [1.807, 2.05) is 19.0 Å². The van der Waals surface area contributed by atoms with Gasteiger partial charge >= 0.3 is 5.97 Å². The first-order valence-corrected chi connectivity index (χ1v) is 8.26. The average Bonchev–Trinajstić information content (AvgIpc) is 2.79. The number of carboxylic acids is 1. The Bertz CT molecular complexity index is 340. The molecule has 5 nitrogen and oxygen atoms in total. The van der Waals surface area contributed by atoms with Crippen LogP contribution in [0.3, 0.4) is 0 Å². The maximum Gasteiger partial charge on any atom is 0.317 e. The van der Waals surface area contributed by atoms with E-state index in [4.69, 9.17) is 9.84 Å². The van der Waals surface area contributed by atoms with Gasteiger partial charge in [0.05, 0.1) is 18.2 Å². The van der Waals surface area contributed by atoms with E-state index in [0.717, 1.165) is 32.5 Å². The van der Waals surface area contributed by atoms with Crippen molar-refractivity contribution in [2.24, 2.45) is 0 Å². The van der Waals surface area contributed by atoms with E-state index >= 15 is 0 Å². The van der Waals surface area contributed by atoms with Crippen molar-refractivity contribution in [1.82, 2.24) is 9.80 Å². The lowest BCUT2D eigenvalue weighted by atomic mass is 9.83. The van der Waals surface area contributed by atoms with Gasteiger partial charge in [0, 0.05) is 19.6 Å². The zero-order chi connectivity index (χ0) is 15.3. The summed E-state index contributed by atoms with van der Waals surface area (Å²) in [6, 6.07) is 0. The molecule has 2 fully saturated rings. The van der Waals surface area contributed by atoms with Gasteiger partial charge in [0.1, 0.15) is 0 Å². The van der Waals surface area contributed by atoms with E-state index in [1.54, 1.807) is 0 Å². The highest BCUT2D eigenvalue weighted by Gasteiger charge is 2.41. The molecule has 1 heterocycles. The van der Waals surface area contributed by atoms with Crippen LogP contribution in [0.15, 0.2) is 0 Å². The Kier molecular flexibility index (Phi) is 6.02. The second-order valence-electron chi connectivity index (χ2n) is 6.95. The third kappa shape index (κ3) is 5.24. The number of ether oxygens (including phenoxy) is 1. The van der Waals surface area contributed by atoms with Gasteiger partial charge in [-0.3, -0.25) is 9.69 Å². The molecule has 1 saturated carbocycles. The van der Waals surface area contributed by atoms with Gasteiger partial charge in [0.25, 0.3) is 0 Å². The van der Waals surface area contributed by atoms with Crippen molar-refractivity contribution in [2.75, 3.05) is 40.3 Å². The van der Waals surface area contributed by atoms with Gasteiger partial charge in [-0.15, -0.1) is 0 Å². The molecule has 1 unspecified atom stereocenters. The molecular formula is C16H30N2O3. The number of aliphatic carboxylic acids is 1. The van der Waals surface area contributed by atoms with Crippen LogP contribution >= 0.6 is 0 Å². The van der Waals surface area contributed by atoms with Crippen LogP contribution in [0.1, 0.15) is 44.9 Å². The standard InChI is InChI=1S/C16H30N2O3/c1-17(2)10-11-18(13-15(19)20)12-14-6-9-16(21-14)7-4-3-5-8-16/h14H,3-13H2,1-2H3,(H,19,20). The second kappa shape index (κ2) is 7.56. The van der Waals surface area contributed by atoms with E-state index in [1.165, 1.54) is 32.1 Å². The van der Waals surface area contributed by atoms with E-state index in [-0.39, 0.29) is 18.2 Å². The molecule has 0 aromatic heterocycles. The first-order chi connectivity index (χ1) is 9.99. The highest BCUT2D eigenvalue weighted by Crippen LogP contribution is 2.41. The van der Waals surface area contributed by atoms with Crippen LogP contribution in [0.4, 0.5) is 0 Å². The number of nitrogens with zero attached hydrogens (tertiary/aromatic N) is 2. The van der Waals surface area contributed by atoms with Gasteiger partial charge in [0.15, 0.2) is 0 Å². The van der Waals surface area contributed by atoms with E-state index in [2.05, 4.69) is 4.90 Å². The molecule has 122 valence electrons. The molecule has 2 aliphatic rings. The van der Waals surface area contributed by atoms with Crippen molar-refractivity contribution in [3.63, 3.8) is 0 Å². The fraction of sp³-hybridized carbons (Fsp3) is 0.938. The first-order valence-electron chi connectivity index (χ1n) is 8.26. The number of carbonyl (C=O) groups is 1. The molecular weight excluding hydrogens is 268 g/mol. The fourth-order valence-corrected chi connectivity index (χ4v) is 3.64. The maximum absolute atomic E-state index is 11.0. The molecule has 0 aromatic carbocycles. The summed E-state index contributed by atoms with van der Waals surface area (Å²) >= 11 is 0. The van der Waals surface area contributed by atoms with E-state index in [9.17, 15) is 4.79 Å². The molecule has 0 bridgehead atoms. The predicted octanol–water partition coefficient (Wildman–Crippen LogP) is 1.82. The largest absolute Gasteiger partial charge is 0.480 e. The van der Waals surface area contributed by atoms with Gasteiger partial charge in [-0.2, -0.15) is 0 Å². The van der Waals surface area contributed by atoms with Crippen LogP contribution in [-0.4, -0.2) is 72.9 Å². The molecule has 21 heavy (non-hydrogen) atoms. The molecule has 0 aromatic rings. The van der Waals surface area contributed by atoms with Crippen molar-refractivity contribution in [2.45, 2.75) is 56.7 Å². The monoisotopic (exact) mass is 298 g/mol. The van der Waals surface area contributed by atoms with Gasteiger partial charge in [-0.1, -0.05) is 19.3 Å². The molecule has 1 N–H and O–H groups in total. The third-order valence-electron chi connectivity index (χ3n) is 4.79. The first kappa shape index (κ1) is 16.7. The summed E-state index contributed by atoms with van der Waals surface area (Å²) in [6.07, 6.45) is 8.75. The molecule has 0 amide bonds. The highest BCUT2D eigenvalue weighted by atomic mass is 16.5. The number of carboxylic acid groups (broad SMARTS) is 1. The molecule has 1 atom stereocenters. The Morgan fingerprint density at radius 2 is 1.90 bits per heavy atom. The van der Waals surface area contributed by atoms with Gasteiger partial charge in [-0.25, -0.2) is 0 Å². The molecule has 0 radical (unpaired) electrons. The summed E-state index contributed by atoms with van der Waals surface area (Å²) < 4.78 is 6.36. The summed E-state index contributed by atoms with van der Waals surface area (Å²) in [5.41, 5.74) is 0.124. The van der Waals surface area contributed by atoms with Gasteiger partial charge in [-0.05, 0) is 39.8 Å². The summed E-state index contributed by atoms with van der Waals surface area (Å²) in [7, 11) is 4.03. The normalized spacial score (nSPS) is 25.0. The van der Waals surface area contributed by atoms with Crippen molar-refractivity contribution in [3.8, 4) is 0 Å². The molecule has 5 heteroatoms. The lowest BCUT2D eigenvalue weighted by Gasteiger charge is -2.34. The third-order valence-corrected chi connectivity index (χ3v) is 4.79. The fourth-order valence-electron chi connectivity index (χ4n) is 3.64. The SMILES string of the molecule is CN(C)CCN(CC(=O)O)CC1CCC2(CCCCC2)O1. The molecule has 1 saturated heterocycles. The smallest absolute Gasteiger partial charge is 0.317 e. The Morgan fingerprint density at radius 1 is 1.19 bits per heavy atom. The predicted molar refractivity (Wildman–Crippen MR) is 82.6 cm³/mol. The summed E-state index contributed by atoms with van der Waals surface area (Å²) in [5.74, 6) is -0.751. The minimum atomic E-state index is -0.751. The summed E-state index contributed by atoms with van der Waals surface area (Å²) in [5, 5.41) is 9.07. The van der Waals surface area contributed by atoms with Crippen LogP contribution in [0.2, 0.25) is 0 Å². The lowest BCUT2D eigenvalue weighted by Crippen LogP contribution is -2.41. The number of rotatable bonds is 7. The number of hydrogen-bond donors (Lipinski definition) is 1. The van der Waals surface area contributed by atoms with Crippen molar-refractivity contribution >= 4 is 5.97 Å². The lowest BCUT2D eigenvalue weighted by molar-refractivity contribution is -0.139. The Labute approximate surface area is 128 Å². The summed E-state index contributed by atoms with van der Waals surface area (Å²) in [6.45, 7) is 2.53. The Hall–Kier alpha value is -0.650. The highest BCUT2D eigenvalue weighted by molar-refractivity contribution is 5.69. The van der Waals surface area contributed by atoms with E-state index < -0.39 is 5.97 Å². The van der Waals surface area contributed by atoms with E-state index in [0.29, 0.717) is 0 Å². The minimum Gasteiger partial charge on any atom is -0.480 e. The maximum atomic E-state index is 11.0. The molecule has 1 aliphatic carbocycles. The van der Waals surface area contributed by atoms with Crippen molar-refractivity contribution in [1.29, 1.82) is 0 Å². The van der Waals surface area contributed by atoms with Crippen LogP contribution < -0.4 is 0 Å². The van der Waals surface area contributed by atoms with Crippen LogP contribution in [0.5, 0.6) is 0 Å². The van der Waals surface area contributed by atoms with Crippen molar-refractivity contribution in [3.05, 3.63) is 0 Å². The zero-order valence-electron chi connectivity index (χ0n) is 13.5. The number of hydrogen-bond acceptors (Lipinski definition) is 4. The Morgan fingerprint density at radius 3 is 2.52 bits per heavy atom.